The highest BCUT2D eigenvalue weighted by atomic mass is 16.4. The van der Waals surface area contributed by atoms with Crippen LogP contribution in [0.3, 0.4) is 0 Å². The number of fused-ring (bicyclic) bond motifs is 1. The third kappa shape index (κ3) is 1.12. The van der Waals surface area contributed by atoms with Gasteiger partial charge in [-0.05, 0) is 18.2 Å². The van der Waals surface area contributed by atoms with E-state index in [0.29, 0.717) is 11.0 Å². The summed E-state index contributed by atoms with van der Waals surface area (Å²) in [5.74, 6) is -1.42. The van der Waals surface area contributed by atoms with Crippen LogP contribution in [0.4, 0.5) is 0 Å². The van der Waals surface area contributed by atoms with E-state index >= 15 is 0 Å². The van der Waals surface area contributed by atoms with Gasteiger partial charge in [0.1, 0.15) is 16.9 Å². The lowest BCUT2D eigenvalue weighted by molar-refractivity contribution is 0.0694. The van der Waals surface area contributed by atoms with Crippen molar-refractivity contribution >= 4 is 16.9 Å². The van der Waals surface area contributed by atoms with Crippen LogP contribution in [0.25, 0.3) is 11.0 Å². The van der Waals surface area contributed by atoms with Crippen molar-refractivity contribution in [3.8, 4) is 5.75 Å². The number of hydrogen-bond acceptors (Lipinski definition) is 3. The number of carboxylic acid groups (broad SMARTS) is 1. The summed E-state index contributed by atoms with van der Waals surface area (Å²) in [6.45, 7) is 0. The molecule has 0 aliphatic carbocycles. The average Bonchev–Trinajstić information content (AvgIpc) is 2.48. The van der Waals surface area contributed by atoms with Gasteiger partial charge in [-0.3, -0.25) is 0 Å². The molecule has 66 valence electrons. The molecule has 4 heteroatoms. The molecule has 0 fully saturated rings. The molecular weight excluding hydrogens is 172 g/mol. The summed E-state index contributed by atoms with van der Waals surface area (Å²) in [4.78, 5) is 10.6. The number of aromatic carboxylic acids is 1. The monoisotopic (exact) mass is 178 g/mol. The molecule has 2 N–H and O–H groups in total. The lowest BCUT2D eigenvalue weighted by Crippen LogP contribution is -1.95. The van der Waals surface area contributed by atoms with E-state index in [1.54, 1.807) is 6.07 Å². The van der Waals surface area contributed by atoms with Gasteiger partial charge in [0.25, 0.3) is 0 Å². The Morgan fingerprint density at radius 2 is 2.15 bits per heavy atom. The number of carbonyl (C=O) groups is 1. The number of aromatic hydroxyl groups is 1. The summed E-state index contributed by atoms with van der Waals surface area (Å²) in [7, 11) is 0. The van der Waals surface area contributed by atoms with Crippen molar-refractivity contribution in [1.82, 2.24) is 0 Å². The first-order valence-corrected chi connectivity index (χ1v) is 3.62. The van der Waals surface area contributed by atoms with Crippen LogP contribution in [-0.4, -0.2) is 16.2 Å². The maximum absolute atomic E-state index is 10.6. The molecule has 0 amide bonds. The Morgan fingerprint density at radius 3 is 2.85 bits per heavy atom. The van der Waals surface area contributed by atoms with E-state index in [-0.39, 0.29) is 11.3 Å². The lowest BCUT2D eigenvalue weighted by Gasteiger charge is -1.97. The van der Waals surface area contributed by atoms with Gasteiger partial charge in [-0.15, -0.1) is 0 Å². The molecule has 0 saturated carbocycles. The lowest BCUT2D eigenvalue weighted by atomic mass is 10.1. The van der Waals surface area contributed by atoms with Gasteiger partial charge in [0.15, 0.2) is 0 Å². The SMILES string of the molecule is O=C(O)c1cc2occc2cc1O. The zero-order valence-corrected chi connectivity index (χ0v) is 6.52. The Balaban J connectivity index is 2.76. The van der Waals surface area contributed by atoms with Crippen molar-refractivity contribution in [2.24, 2.45) is 0 Å². The third-order valence-corrected chi connectivity index (χ3v) is 1.80. The Labute approximate surface area is 73.0 Å². The summed E-state index contributed by atoms with van der Waals surface area (Å²) in [6, 6.07) is 4.32. The van der Waals surface area contributed by atoms with Crippen LogP contribution in [0.2, 0.25) is 0 Å². The maximum atomic E-state index is 10.6. The summed E-state index contributed by atoms with van der Waals surface area (Å²) in [5, 5.41) is 18.6. The Kier molecular flexibility index (Phi) is 1.48. The molecule has 0 saturated heterocycles. The van der Waals surface area contributed by atoms with Crippen molar-refractivity contribution in [3.05, 3.63) is 30.0 Å². The number of furan rings is 1. The molecule has 1 aromatic heterocycles. The first-order valence-electron chi connectivity index (χ1n) is 3.62. The number of phenols is 1. The van der Waals surface area contributed by atoms with Crippen LogP contribution in [0.1, 0.15) is 10.4 Å². The first-order chi connectivity index (χ1) is 6.18. The molecule has 0 atom stereocenters. The summed E-state index contributed by atoms with van der Waals surface area (Å²) in [5.41, 5.74) is 0.303. The summed E-state index contributed by atoms with van der Waals surface area (Å²) in [6.07, 6.45) is 1.44. The van der Waals surface area contributed by atoms with E-state index in [4.69, 9.17) is 9.52 Å². The molecule has 1 heterocycles. The second-order valence-corrected chi connectivity index (χ2v) is 2.63. The van der Waals surface area contributed by atoms with Crippen molar-refractivity contribution in [1.29, 1.82) is 0 Å². The van der Waals surface area contributed by atoms with Crippen LogP contribution in [0.5, 0.6) is 5.75 Å². The van der Waals surface area contributed by atoms with Gasteiger partial charge >= 0.3 is 5.97 Å². The molecule has 4 nitrogen and oxygen atoms in total. The highest BCUT2D eigenvalue weighted by Gasteiger charge is 2.11. The normalized spacial score (nSPS) is 10.5. The van der Waals surface area contributed by atoms with Gasteiger partial charge in [0.2, 0.25) is 0 Å². The Hall–Kier alpha value is -1.97. The van der Waals surface area contributed by atoms with Crippen molar-refractivity contribution < 1.29 is 19.4 Å². The Morgan fingerprint density at radius 1 is 1.38 bits per heavy atom. The predicted octanol–water partition coefficient (Wildman–Crippen LogP) is 1.84. The van der Waals surface area contributed by atoms with E-state index in [1.165, 1.54) is 18.4 Å². The zero-order chi connectivity index (χ0) is 9.42. The topological polar surface area (TPSA) is 70.7 Å². The predicted molar refractivity (Wildman–Crippen MR) is 44.8 cm³/mol. The molecule has 0 bridgehead atoms. The maximum Gasteiger partial charge on any atom is 0.339 e. The number of benzene rings is 1. The van der Waals surface area contributed by atoms with E-state index in [0.717, 1.165) is 0 Å². The van der Waals surface area contributed by atoms with Crippen molar-refractivity contribution in [2.45, 2.75) is 0 Å². The van der Waals surface area contributed by atoms with Gasteiger partial charge in [-0.2, -0.15) is 0 Å². The molecule has 2 aromatic rings. The summed E-state index contributed by atoms with van der Waals surface area (Å²) >= 11 is 0. The fourth-order valence-electron chi connectivity index (χ4n) is 1.17. The van der Waals surface area contributed by atoms with E-state index < -0.39 is 5.97 Å². The smallest absolute Gasteiger partial charge is 0.339 e. The number of carboxylic acids is 1. The third-order valence-electron chi connectivity index (χ3n) is 1.80. The fourth-order valence-corrected chi connectivity index (χ4v) is 1.17. The standard InChI is InChI=1S/C9H6O4/c10-7-3-5-1-2-13-8(5)4-6(7)9(11)12/h1-4,10H,(H,11,12). The van der Waals surface area contributed by atoms with Gasteiger partial charge in [0.05, 0.1) is 6.26 Å². The highest BCUT2D eigenvalue weighted by Crippen LogP contribution is 2.25. The molecule has 0 spiro atoms. The van der Waals surface area contributed by atoms with Crippen LogP contribution >= 0.6 is 0 Å². The van der Waals surface area contributed by atoms with Crippen molar-refractivity contribution in [2.75, 3.05) is 0 Å². The van der Waals surface area contributed by atoms with Gasteiger partial charge in [-0.25, -0.2) is 4.79 Å². The van der Waals surface area contributed by atoms with Crippen LogP contribution in [0, 0.1) is 0 Å². The molecule has 0 aliphatic heterocycles. The zero-order valence-electron chi connectivity index (χ0n) is 6.52. The molecular formula is C9H6O4. The quantitative estimate of drug-likeness (QED) is 0.698. The first kappa shape index (κ1) is 7.67. The molecule has 0 unspecified atom stereocenters. The van der Waals surface area contributed by atoms with Crippen molar-refractivity contribution in [3.63, 3.8) is 0 Å². The average molecular weight is 178 g/mol. The summed E-state index contributed by atoms with van der Waals surface area (Å²) < 4.78 is 4.99. The number of hydrogen-bond donors (Lipinski definition) is 2. The molecule has 0 radical (unpaired) electrons. The molecule has 1 aromatic carbocycles. The molecule has 2 rings (SSSR count). The van der Waals surface area contributed by atoms with E-state index in [9.17, 15) is 9.90 Å². The largest absolute Gasteiger partial charge is 0.507 e. The van der Waals surface area contributed by atoms with Crippen LogP contribution in [-0.2, 0) is 0 Å². The van der Waals surface area contributed by atoms with Gasteiger partial charge in [-0.1, -0.05) is 0 Å². The van der Waals surface area contributed by atoms with Crippen LogP contribution < -0.4 is 0 Å². The van der Waals surface area contributed by atoms with Gasteiger partial charge < -0.3 is 14.6 Å². The second-order valence-electron chi connectivity index (χ2n) is 2.63. The highest BCUT2D eigenvalue weighted by molar-refractivity contribution is 5.95. The molecule has 0 aliphatic rings. The second kappa shape index (κ2) is 2.52. The Bertz CT molecular complexity index is 469. The fraction of sp³-hybridized carbons (Fsp3) is 0. The minimum absolute atomic E-state index is 0.151. The van der Waals surface area contributed by atoms with E-state index in [2.05, 4.69) is 0 Å². The van der Waals surface area contributed by atoms with Gasteiger partial charge in [0, 0.05) is 5.39 Å². The molecule has 13 heavy (non-hydrogen) atoms. The minimum atomic E-state index is -1.17. The minimum Gasteiger partial charge on any atom is -0.507 e. The number of rotatable bonds is 1. The van der Waals surface area contributed by atoms with Crippen LogP contribution in [0.15, 0.2) is 28.9 Å². The van der Waals surface area contributed by atoms with E-state index in [1.807, 2.05) is 0 Å².